The van der Waals surface area contributed by atoms with E-state index < -0.39 is 17.6 Å². The number of methoxy groups -OCH3 is 1. The fourth-order valence-corrected chi connectivity index (χ4v) is 2.40. The molecule has 0 aliphatic rings. The molecule has 0 heterocycles. The van der Waals surface area contributed by atoms with Crippen molar-refractivity contribution in [2.45, 2.75) is 25.6 Å². The van der Waals surface area contributed by atoms with Crippen molar-refractivity contribution in [2.75, 3.05) is 13.7 Å². The van der Waals surface area contributed by atoms with Crippen LogP contribution in [0.3, 0.4) is 0 Å². The summed E-state index contributed by atoms with van der Waals surface area (Å²) in [6.45, 7) is 1.55. The first-order valence-electron chi connectivity index (χ1n) is 8.07. The molecule has 0 unspecified atom stereocenters. The van der Waals surface area contributed by atoms with Crippen LogP contribution in [0.25, 0.3) is 0 Å². The molecule has 26 heavy (non-hydrogen) atoms. The molecular weight excluding hydrogens is 347 g/mol. The number of alkyl halides is 3. The summed E-state index contributed by atoms with van der Waals surface area (Å²) >= 11 is 0. The van der Waals surface area contributed by atoms with E-state index in [-0.39, 0.29) is 18.4 Å². The van der Waals surface area contributed by atoms with Gasteiger partial charge in [0, 0.05) is 0 Å². The second kappa shape index (κ2) is 8.60. The first-order valence-corrected chi connectivity index (χ1v) is 8.07. The summed E-state index contributed by atoms with van der Waals surface area (Å²) in [4.78, 5) is 12.1. The van der Waals surface area contributed by atoms with Gasteiger partial charge in [-0.05, 0) is 42.3 Å². The van der Waals surface area contributed by atoms with Gasteiger partial charge in [-0.2, -0.15) is 13.2 Å². The van der Waals surface area contributed by atoms with Gasteiger partial charge < -0.3 is 14.8 Å². The Balaban J connectivity index is 1.94. The summed E-state index contributed by atoms with van der Waals surface area (Å²) in [5.74, 6) is 0.292. The van der Waals surface area contributed by atoms with E-state index in [1.54, 1.807) is 19.2 Å². The number of carbonyl (C=O) groups is 1. The molecular formula is C19H20F3NO3. The van der Waals surface area contributed by atoms with Crippen molar-refractivity contribution in [2.24, 2.45) is 0 Å². The highest BCUT2D eigenvalue weighted by Gasteiger charge is 2.30. The minimum absolute atomic E-state index is 0.00697. The number of rotatable bonds is 7. The Bertz CT molecular complexity index is 730. The fourth-order valence-electron chi connectivity index (χ4n) is 2.40. The summed E-state index contributed by atoms with van der Waals surface area (Å²) in [5, 5.41) is 2.81. The van der Waals surface area contributed by atoms with Crippen LogP contribution in [0, 0.1) is 0 Å². The lowest BCUT2D eigenvalue weighted by atomic mass is 10.0. The molecule has 0 saturated carbocycles. The number of hydrogen-bond acceptors (Lipinski definition) is 3. The zero-order valence-corrected chi connectivity index (χ0v) is 14.5. The van der Waals surface area contributed by atoms with Gasteiger partial charge in [0.1, 0.15) is 11.5 Å². The standard InChI is InChI=1S/C19H20F3NO3/c1-3-17(13-7-9-15(25-2)10-8-13)23-18(24)12-26-16-6-4-5-14(11-16)19(20,21)22/h4-11,17H,3,12H2,1-2H3,(H,23,24)/t17-/m0/s1. The molecule has 0 spiro atoms. The molecule has 0 bridgehead atoms. The SMILES string of the molecule is CC[C@H](NC(=O)COc1cccc(C(F)(F)F)c1)c1ccc(OC)cc1. The van der Waals surface area contributed by atoms with E-state index >= 15 is 0 Å². The molecule has 2 aromatic rings. The maximum atomic E-state index is 12.7. The smallest absolute Gasteiger partial charge is 0.416 e. The lowest BCUT2D eigenvalue weighted by Crippen LogP contribution is -2.32. The quantitative estimate of drug-likeness (QED) is 0.791. The lowest BCUT2D eigenvalue weighted by Gasteiger charge is -2.18. The predicted octanol–water partition coefficient (Wildman–Crippen LogP) is 4.36. The van der Waals surface area contributed by atoms with Gasteiger partial charge in [0.05, 0.1) is 18.7 Å². The van der Waals surface area contributed by atoms with E-state index in [4.69, 9.17) is 9.47 Å². The van der Waals surface area contributed by atoms with E-state index in [9.17, 15) is 18.0 Å². The third-order valence-electron chi connectivity index (χ3n) is 3.79. The Labute approximate surface area is 149 Å². The van der Waals surface area contributed by atoms with E-state index in [1.807, 2.05) is 19.1 Å². The summed E-state index contributed by atoms with van der Waals surface area (Å²) < 4.78 is 48.3. The summed E-state index contributed by atoms with van der Waals surface area (Å²) in [6.07, 6.45) is -3.80. The van der Waals surface area contributed by atoms with Crippen molar-refractivity contribution in [3.8, 4) is 11.5 Å². The third kappa shape index (κ3) is 5.40. The average Bonchev–Trinajstić information content (AvgIpc) is 2.64. The Kier molecular flexibility index (Phi) is 6.49. The number of ether oxygens (including phenoxy) is 2. The van der Waals surface area contributed by atoms with Crippen molar-refractivity contribution in [1.82, 2.24) is 5.32 Å². The molecule has 0 saturated heterocycles. The monoisotopic (exact) mass is 367 g/mol. The van der Waals surface area contributed by atoms with Crippen LogP contribution in [0.5, 0.6) is 11.5 Å². The predicted molar refractivity (Wildman–Crippen MR) is 91.1 cm³/mol. The lowest BCUT2D eigenvalue weighted by molar-refractivity contribution is -0.137. The molecule has 140 valence electrons. The molecule has 1 N–H and O–H groups in total. The molecule has 0 radical (unpaired) electrons. The van der Waals surface area contributed by atoms with Crippen LogP contribution in [0.15, 0.2) is 48.5 Å². The van der Waals surface area contributed by atoms with E-state index in [0.717, 1.165) is 17.7 Å². The topological polar surface area (TPSA) is 47.6 Å². The Morgan fingerprint density at radius 2 is 1.81 bits per heavy atom. The average molecular weight is 367 g/mol. The highest BCUT2D eigenvalue weighted by molar-refractivity contribution is 5.78. The van der Waals surface area contributed by atoms with Gasteiger partial charge in [-0.1, -0.05) is 25.1 Å². The Hall–Kier alpha value is -2.70. The molecule has 2 aromatic carbocycles. The number of nitrogens with one attached hydrogen (secondary N) is 1. The van der Waals surface area contributed by atoms with Gasteiger partial charge in [0.25, 0.3) is 5.91 Å². The van der Waals surface area contributed by atoms with Gasteiger partial charge in [0.15, 0.2) is 6.61 Å². The minimum atomic E-state index is -4.46. The van der Waals surface area contributed by atoms with Crippen LogP contribution in [-0.4, -0.2) is 19.6 Å². The number of benzene rings is 2. The molecule has 0 aliphatic heterocycles. The van der Waals surface area contributed by atoms with Crippen molar-refractivity contribution in [3.63, 3.8) is 0 Å². The van der Waals surface area contributed by atoms with Crippen LogP contribution in [0.1, 0.15) is 30.5 Å². The molecule has 0 fully saturated rings. The molecule has 1 amide bonds. The summed E-state index contributed by atoms with van der Waals surface area (Å²) in [6, 6.07) is 11.5. The van der Waals surface area contributed by atoms with Gasteiger partial charge in [-0.25, -0.2) is 0 Å². The Morgan fingerprint density at radius 3 is 2.38 bits per heavy atom. The summed E-state index contributed by atoms with van der Waals surface area (Å²) in [5.41, 5.74) is 0.0841. The second-order valence-electron chi connectivity index (χ2n) is 5.62. The van der Waals surface area contributed by atoms with Gasteiger partial charge in [-0.3, -0.25) is 4.79 Å². The molecule has 7 heteroatoms. The highest BCUT2D eigenvalue weighted by atomic mass is 19.4. The molecule has 1 atom stereocenters. The maximum absolute atomic E-state index is 12.7. The first kappa shape index (κ1) is 19.6. The zero-order chi connectivity index (χ0) is 19.2. The maximum Gasteiger partial charge on any atom is 0.416 e. The van der Waals surface area contributed by atoms with Crippen LogP contribution >= 0.6 is 0 Å². The van der Waals surface area contributed by atoms with Gasteiger partial charge in [0.2, 0.25) is 0 Å². The van der Waals surface area contributed by atoms with Crippen molar-refractivity contribution < 1.29 is 27.4 Å². The van der Waals surface area contributed by atoms with Crippen LogP contribution in [-0.2, 0) is 11.0 Å². The zero-order valence-electron chi connectivity index (χ0n) is 14.5. The number of amides is 1. The third-order valence-corrected chi connectivity index (χ3v) is 3.79. The molecule has 0 aliphatic carbocycles. The van der Waals surface area contributed by atoms with E-state index in [2.05, 4.69) is 5.32 Å². The molecule has 4 nitrogen and oxygen atoms in total. The van der Waals surface area contributed by atoms with Crippen LogP contribution in [0.4, 0.5) is 13.2 Å². The van der Waals surface area contributed by atoms with E-state index in [0.29, 0.717) is 12.2 Å². The van der Waals surface area contributed by atoms with Crippen molar-refractivity contribution >= 4 is 5.91 Å². The van der Waals surface area contributed by atoms with Crippen LogP contribution < -0.4 is 14.8 Å². The fraction of sp³-hybridized carbons (Fsp3) is 0.316. The number of hydrogen-bond donors (Lipinski definition) is 1. The largest absolute Gasteiger partial charge is 0.497 e. The normalized spacial score (nSPS) is 12.3. The first-order chi connectivity index (χ1) is 12.3. The van der Waals surface area contributed by atoms with Crippen molar-refractivity contribution in [3.05, 3.63) is 59.7 Å². The van der Waals surface area contributed by atoms with Gasteiger partial charge in [-0.15, -0.1) is 0 Å². The molecule has 0 aromatic heterocycles. The van der Waals surface area contributed by atoms with Gasteiger partial charge >= 0.3 is 6.18 Å². The summed E-state index contributed by atoms with van der Waals surface area (Å²) in [7, 11) is 1.57. The van der Waals surface area contributed by atoms with E-state index in [1.165, 1.54) is 12.1 Å². The number of carbonyl (C=O) groups excluding carboxylic acids is 1. The number of halogens is 3. The minimum Gasteiger partial charge on any atom is -0.497 e. The second-order valence-corrected chi connectivity index (χ2v) is 5.62. The van der Waals surface area contributed by atoms with Crippen LogP contribution in [0.2, 0.25) is 0 Å². The Morgan fingerprint density at radius 1 is 1.12 bits per heavy atom. The molecule has 2 rings (SSSR count). The highest BCUT2D eigenvalue weighted by Crippen LogP contribution is 2.31. The van der Waals surface area contributed by atoms with Crippen molar-refractivity contribution in [1.29, 1.82) is 0 Å².